The number of carbonyl (C=O) groups is 1. The second-order valence-corrected chi connectivity index (χ2v) is 5.08. The molecule has 4 nitrogen and oxygen atoms in total. The maximum Gasteiger partial charge on any atom is 0.252 e. The predicted octanol–water partition coefficient (Wildman–Crippen LogP) is 1.30. The molecule has 0 spiro atoms. The van der Waals surface area contributed by atoms with Crippen molar-refractivity contribution in [2.24, 2.45) is 5.92 Å². The largest absolute Gasteiger partial charge is 0.391 e. The first-order valence-corrected chi connectivity index (χ1v) is 6.46. The number of aliphatic hydroxyl groups is 1. The smallest absolute Gasteiger partial charge is 0.252 e. The molecule has 0 bridgehead atoms. The lowest BCUT2D eigenvalue weighted by molar-refractivity contribution is 0.0927. The van der Waals surface area contributed by atoms with Gasteiger partial charge in [-0.25, -0.2) is 0 Å². The van der Waals surface area contributed by atoms with Crippen molar-refractivity contribution in [1.82, 2.24) is 10.6 Å². The quantitative estimate of drug-likeness (QED) is 0.786. The monoisotopic (exact) mass is 288 g/mol. The van der Waals surface area contributed by atoms with Gasteiger partial charge in [0.2, 0.25) is 0 Å². The molecular formula is C12H14Cl2N2O2. The highest BCUT2D eigenvalue weighted by Gasteiger charge is 2.25. The Morgan fingerprint density at radius 1 is 1.44 bits per heavy atom. The van der Waals surface area contributed by atoms with Gasteiger partial charge in [0.25, 0.3) is 5.91 Å². The Bertz CT molecular complexity index is 454. The standard InChI is InChI=1S/C12H14Cl2N2O2/c13-9-3-1-2-8(11(9)14)12(18)16-5-7-4-15-6-10(7)17/h1-3,7,10,15,17H,4-6H2,(H,16,18). The summed E-state index contributed by atoms with van der Waals surface area (Å²) in [6, 6.07) is 4.92. The van der Waals surface area contributed by atoms with Crippen LogP contribution in [0.1, 0.15) is 10.4 Å². The van der Waals surface area contributed by atoms with Gasteiger partial charge in [-0.2, -0.15) is 0 Å². The Morgan fingerprint density at radius 3 is 2.89 bits per heavy atom. The third kappa shape index (κ3) is 2.95. The second kappa shape index (κ2) is 5.89. The normalized spacial score (nSPS) is 23.1. The average Bonchev–Trinajstić information content (AvgIpc) is 2.75. The topological polar surface area (TPSA) is 61.4 Å². The molecule has 0 aliphatic carbocycles. The lowest BCUT2D eigenvalue weighted by Crippen LogP contribution is -2.34. The van der Waals surface area contributed by atoms with Crippen molar-refractivity contribution >= 4 is 29.1 Å². The second-order valence-electron chi connectivity index (χ2n) is 4.30. The van der Waals surface area contributed by atoms with E-state index in [4.69, 9.17) is 23.2 Å². The van der Waals surface area contributed by atoms with Crippen molar-refractivity contribution < 1.29 is 9.90 Å². The summed E-state index contributed by atoms with van der Waals surface area (Å²) in [7, 11) is 0. The van der Waals surface area contributed by atoms with Gasteiger partial charge in [0.1, 0.15) is 0 Å². The number of hydrogen-bond donors (Lipinski definition) is 3. The highest BCUT2D eigenvalue weighted by Crippen LogP contribution is 2.25. The van der Waals surface area contributed by atoms with Gasteiger partial charge >= 0.3 is 0 Å². The summed E-state index contributed by atoms with van der Waals surface area (Å²) < 4.78 is 0. The van der Waals surface area contributed by atoms with Gasteiger partial charge < -0.3 is 15.7 Å². The summed E-state index contributed by atoms with van der Waals surface area (Å²) in [5.74, 6) is -0.242. The molecule has 1 aliphatic rings. The van der Waals surface area contributed by atoms with Gasteiger partial charge in [0.15, 0.2) is 0 Å². The molecule has 1 aromatic rings. The van der Waals surface area contributed by atoms with Gasteiger partial charge in [0.05, 0.1) is 21.7 Å². The molecule has 6 heteroatoms. The third-order valence-corrected chi connectivity index (χ3v) is 3.84. The van der Waals surface area contributed by atoms with Crippen molar-refractivity contribution in [3.05, 3.63) is 33.8 Å². The molecule has 2 atom stereocenters. The van der Waals surface area contributed by atoms with Crippen LogP contribution in [0.3, 0.4) is 0 Å². The lowest BCUT2D eigenvalue weighted by Gasteiger charge is -2.14. The molecule has 2 unspecified atom stereocenters. The van der Waals surface area contributed by atoms with Crippen molar-refractivity contribution in [3.8, 4) is 0 Å². The van der Waals surface area contributed by atoms with Gasteiger partial charge in [-0.15, -0.1) is 0 Å². The summed E-state index contributed by atoms with van der Waals surface area (Å²) in [5, 5.41) is 16.0. The molecule has 0 saturated carbocycles. The van der Waals surface area contributed by atoms with Gasteiger partial charge in [-0.05, 0) is 12.1 Å². The number of rotatable bonds is 3. The van der Waals surface area contributed by atoms with E-state index in [-0.39, 0.29) is 16.8 Å². The first kappa shape index (κ1) is 13.6. The number of nitrogens with one attached hydrogen (secondary N) is 2. The number of amides is 1. The van der Waals surface area contributed by atoms with Crippen LogP contribution in [0, 0.1) is 5.92 Å². The molecular weight excluding hydrogens is 275 g/mol. The van der Waals surface area contributed by atoms with E-state index in [9.17, 15) is 9.90 Å². The molecule has 1 aromatic carbocycles. The van der Waals surface area contributed by atoms with Crippen LogP contribution in [-0.2, 0) is 0 Å². The summed E-state index contributed by atoms with van der Waals surface area (Å²) >= 11 is 11.8. The molecule has 1 amide bonds. The number of β-amino-alcohol motifs (C(OH)–C–C–N with tert-alkyl or cyclic N) is 1. The molecule has 98 valence electrons. The Kier molecular flexibility index (Phi) is 4.45. The zero-order chi connectivity index (χ0) is 13.1. The Morgan fingerprint density at radius 2 is 2.22 bits per heavy atom. The first-order valence-electron chi connectivity index (χ1n) is 5.70. The molecule has 0 radical (unpaired) electrons. The van der Waals surface area contributed by atoms with Crippen LogP contribution >= 0.6 is 23.2 Å². The van der Waals surface area contributed by atoms with Crippen molar-refractivity contribution in [2.75, 3.05) is 19.6 Å². The fraction of sp³-hybridized carbons (Fsp3) is 0.417. The third-order valence-electron chi connectivity index (χ3n) is 3.03. The molecule has 18 heavy (non-hydrogen) atoms. The van der Waals surface area contributed by atoms with Crippen LogP contribution in [0.15, 0.2) is 18.2 Å². The minimum Gasteiger partial charge on any atom is -0.391 e. The van der Waals surface area contributed by atoms with Crippen LogP contribution in [0.4, 0.5) is 0 Å². The van der Waals surface area contributed by atoms with Crippen molar-refractivity contribution in [2.45, 2.75) is 6.10 Å². The number of benzene rings is 1. The first-order chi connectivity index (χ1) is 8.59. The van der Waals surface area contributed by atoms with Crippen LogP contribution < -0.4 is 10.6 Å². The predicted molar refractivity (Wildman–Crippen MR) is 71.2 cm³/mol. The molecule has 1 aliphatic heterocycles. The van der Waals surface area contributed by atoms with Crippen LogP contribution in [0.5, 0.6) is 0 Å². The Hall–Kier alpha value is -0.810. The van der Waals surface area contributed by atoms with E-state index in [2.05, 4.69) is 10.6 Å². The van der Waals surface area contributed by atoms with Gasteiger partial charge in [0, 0.05) is 25.6 Å². The highest BCUT2D eigenvalue weighted by molar-refractivity contribution is 6.43. The number of halogens is 2. The molecule has 3 N–H and O–H groups in total. The molecule has 1 heterocycles. The van der Waals surface area contributed by atoms with E-state index in [1.807, 2.05) is 0 Å². The van der Waals surface area contributed by atoms with E-state index in [0.29, 0.717) is 30.2 Å². The number of hydrogen-bond acceptors (Lipinski definition) is 3. The lowest BCUT2D eigenvalue weighted by atomic mass is 10.1. The number of aliphatic hydroxyl groups excluding tert-OH is 1. The molecule has 1 saturated heterocycles. The van der Waals surface area contributed by atoms with Crippen molar-refractivity contribution in [1.29, 1.82) is 0 Å². The van der Waals surface area contributed by atoms with Crippen LogP contribution in [0.2, 0.25) is 10.0 Å². The minimum atomic E-state index is -0.417. The van der Waals surface area contributed by atoms with E-state index in [1.165, 1.54) is 0 Å². The van der Waals surface area contributed by atoms with E-state index >= 15 is 0 Å². The van der Waals surface area contributed by atoms with E-state index in [1.54, 1.807) is 18.2 Å². The van der Waals surface area contributed by atoms with Gasteiger partial charge in [-0.3, -0.25) is 4.79 Å². The van der Waals surface area contributed by atoms with Crippen molar-refractivity contribution in [3.63, 3.8) is 0 Å². The maximum absolute atomic E-state index is 11.9. The maximum atomic E-state index is 11.9. The van der Waals surface area contributed by atoms with E-state index in [0.717, 1.165) is 0 Å². The SMILES string of the molecule is O=C(NCC1CNCC1O)c1cccc(Cl)c1Cl. The fourth-order valence-electron chi connectivity index (χ4n) is 1.93. The summed E-state index contributed by atoms with van der Waals surface area (Å²) in [4.78, 5) is 11.9. The van der Waals surface area contributed by atoms with Crippen LogP contribution in [0.25, 0.3) is 0 Å². The Balaban J connectivity index is 1.97. The fourth-order valence-corrected chi connectivity index (χ4v) is 2.31. The average molecular weight is 289 g/mol. The highest BCUT2D eigenvalue weighted by atomic mass is 35.5. The molecule has 2 rings (SSSR count). The molecule has 0 aromatic heterocycles. The minimum absolute atomic E-state index is 0.0342. The summed E-state index contributed by atoms with van der Waals surface area (Å²) in [5.41, 5.74) is 0.351. The summed E-state index contributed by atoms with van der Waals surface area (Å²) in [6.07, 6.45) is -0.417. The molecule has 1 fully saturated rings. The Labute approximate surface area is 115 Å². The summed E-state index contributed by atoms with van der Waals surface area (Å²) in [6.45, 7) is 1.68. The van der Waals surface area contributed by atoms with E-state index < -0.39 is 6.10 Å². The zero-order valence-corrected chi connectivity index (χ0v) is 11.1. The zero-order valence-electron chi connectivity index (χ0n) is 9.62. The van der Waals surface area contributed by atoms with Gasteiger partial charge in [-0.1, -0.05) is 29.3 Å². The number of carbonyl (C=O) groups excluding carboxylic acids is 1. The van der Waals surface area contributed by atoms with Crippen LogP contribution in [-0.4, -0.2) is 36.8 Å².